The molecule has 1 N–H and O–H groups in total. The zero-order valence-electron chi connectivity index (χ0n) is 14.3. The molecule has 1 amide bonds. The Morgan fingerprint density at radius 3 is 2.54 bits per heavy atom. The molecule has 4 bridgehead atoms. The van der Waals surface area contributed by atoms with Crippen LogP contribution in [-0.2, 0) is 14.3 Å². The van der Waals surface area contributed by atoms with Gasteiger partial charge < -0.3 is 14.8 Å². The van der Waals surface area contributed by atoms with E-state index in [1.165, 1.54) is 13.5 Å². The van der Waals surface area contributed by atoms with E-state index in [2.05, 4.69) is 23.9 Å². The summed E-state index contributed by atoms with van der Waals surface area (Å²) in [5, 5.41) is 3.00. The van der Waals surface area contributed by atoms with Gasteiger partial charge in [-0.15, -0.1) is 0 Å². The topological polar surface area (TPSA) is 64.6 Å². The molecule has 0 unspecified atom stereocenters. The molecule has 4 rings (SSSR count). The van der Waals surface area contributed by atoms with Gasteiger partial charge in [0.1, 0.15) is 0 Å². The largest absolute Gasteiger partial charge is 0.465 e. The first kappa shape index (κ1) is 15.6. The second-order valence-electron chi connectivity index (χ2n) is 7.83. The van der Waals surface area contributed by atoms with Crippen molar-refractivity contribution in [3.8, 4) is 0 Å². The van der Waals surface area contributed by atoms with Crippen LogP contribution in [-0.4, -0.2) is 31.2 Å². The number of carbonyl (C=O) groups excluding carboxylic acids is 2. The second-order valence-corrected chi connectivity index (χ2v) is 7.83. The molecule has 1 heterocycles. The maximum atomic E-state index is 13.1. The Labute approximate surface area is 141 Å². The molecule has 3 aliphatic rings. The number of esters is 1. The van der Waals surface area contributed by atoms with E-state index in [-0.39, 0.29) is 22.7 Å². The Bertz CT molecular complexity index is 715. The Kier molecular flexibility index (Phi) is 3.14. The molecule has 0 aromatic heterocycles. The lowest BCUT2D eigenvalue weighted by Crippen LogP contribution is -2.52. The van der Waals surface area contributed by atoms with Crippen LogP contribution >= 0.6 is 0 Å². The first-order valence-corrected chi connectivity index (χ1v) is 8.50. The SMILES string of the molecule is COC(=O)c1ccc(NC(=O)[C@@]23C[C@H]4CC[C@@]2(C)[C@@]4(C)CO3)cc1. The lowest BCUT2D eigenvalue weighted by Gasteiger charge is -2.40. The van der Waals surface area contributed by atoms with Gasteiger partial charge in [-0.3, -0.25) is 4.79 Å². The average molecular weight is 329 g/mol. The molecule has 1 saturated heterocycles. The minimum absolute atomic E-state index is 0.0539. The third-order valence-corrected chi connectivity index (χ3v) is 7.13. The van der Waals surface area contributed by atoms with Gasteiger partial charge in [-0.2, -0.15) is 0 Å². The molecule has 0 spiro atoms. The van der Waals surface area contributed by atoms with E-state index in [0.717, 1.165) is 12.8 Å². The number of hydrogen-bond acceptors (Lipinski definition) is 4. The van der Waals surface area contributed by atoms with Crippen molar-refractivity contribution < 1.29 is 19.1 Å². The van der Waals surface area contributed by atoms with E-state index in [1.54, 1.807) is 24.3 Å². The standard InChI is InChI=1S/C19H23NO4/c1-17-11-24-19(10-13(17)8-9-18(17,19)2)16(22)20-14-6-4-12(5-7-14)15(21)23-3/h4-7,13H,8-11H2,1-3H3,(H,20,22)/t13-,17+,18+,19+/m1/s1. The number of carbonyl (C=O) groups is 2. The highest BCUT2D eigenvalue weighted by Crippen LogP contribution is 2.75. The lowest BCUT2D eigenvalue weighted by molar-refractivity contribution is -0.149. The highest BCUT2D eigenvalue weighted by atomic mass is 16.5. The molecule has 0 radical (unpaired) electrons. The summed E-state index contributed by atoms with van der Waals surface area (Å²) in [6.07, 6.45) is 3.05. The van der Waals surface area contributed by atoms with Gasteiger partial charge in [0.25, 0.3) is 5.91 Å². The van der Waals surface area contributed by atoms with Gasteiger partial charge in [0, 0.05) is 16.5 Å². The quantitative estimate of drug-likeness (QED) is 0.866. The number of benzene rings is 1. The summed E-state index contributed by atoms with van der Waals surface area (Å²) in [6, 6.07) is 6.76. The monoisotopic (exact) mass is 329 g/mol. The minimum Gasteiger partial charge on any atom is -0.465 e. The van der Waals surface area contributed by atoms with E-state index in [1.807, 2.05) is 0 Å². The number of hydrogen-bond donors (Lipinski definition) is 1. The van der Waals surface area contributed by atoms with Crippen molar-refractivity contribution in [1.82, 2.24) is 0 Å². The predicted molar refractivity (Wildman–Crippen MR) is 88.6 cm³/mol. The zero-order chi connectivity index (χ0) is 17.2. The van der Waals surface area contributed by atoms with Crippen LogP contribution in [0.3, 0.4) is 0 Å². The molecule has 2 saturated carbocycles. The summed E-state index contributed by atoms with van der Waals surface area (Å²) >= 11 is 0. The molecule has 1 aliphatic heterocycles. The van der Waals surface area contributed by atoms with Crippen LogP contribution in [0.5, 0.6) is 0 Å². The van der Waals surface area contributed by atoms with Gasteiger partial charge in [0.15, 0.2) is 5.60 Å². The first-order valence-electron chi connectivity index (χ1n) is 8.50. The fourth-order valence-electron chi connectivity index (χ4n) is 5.30. The zero-order valence-corrected chi connectivity index (χ0v) is 14.3. The van der Waals surface area contributed by atoms with Crippen molar-refractivity contribution in [2.75, 3.05) is 19.0 Å². The van der Waals surface area contributed by atoms with Gasteiger partial charge in [-0.05, 0) is 49.4 Å². The number of nitrogens with one attached hydrogen (secondary N) is 1. The number of rotatable bonds is 3. The van der Waals surface area contributed by atoms with Gasteiger partial charge in [-0.25, -0.2) is 4.79 Å². The van der Waals surface area contributed by atoms with Crippen LogP contribution in [0.25, 0.3) is 0 Å². The van der Waals surface area contributed by atoms with Crippen molar-refractivity contribution in [2.24, 2.45) is 16.7 Å². The van der Waals surface area contributed by atoms with Gasteiger partial charge in [0.05, 0.1) is 19.3 Å². The van der Waals surface area contributed by atoms with Crippen LogP contribution in [0.1, 0.15) is 43.5 Å². The van der Waals surface area contributed by atoms with Crippen LogP contribution in [0.4, 0.5) is 5.69 Å². The molecule has 5 nitrogen and oxygen atoms in total. The fraction of sp³-hybridized carbons (Fsp3) is 0.579. The normalized spacial score (nSPS) is 39.0. The Morgan fingerprint density at radius 2 is 1.96 bits per heavy atom. The smallest absolute Gasteiger partial charge is 0.337 e. The highest BCUT2D eigenvalue weighted by Gasteiger charge is 2.78. The van der Waals surface area contributed by atoms with E-state index in [0.29, 0.717) is 23.8 Å². The van der Waals surface area contributed by atoms with E-state index in [4.69, 9.17) is 4.74 Å². The van der Waals surface area contributed by atoms with Crippen molar-refractivity contribution in [1.29, 1.82) is 0 Å². The van der Waals surface area contributed by atoms with Gasteiger partial charge >= 0.3 is 5.97 Å². The van der Waals surface area contributed by atoms with Crippen LogP contribution < -0.4 is 5.32 Å². The number of anilines is 1. The number of amides is 1. The fourth-order valence-corrected chi connectivity index (χ4v) is 5.30. The molecule has 24 heavy (non-hydrogen) atoms. The van der Waals surface area contributed by atoms with Crippen molar-refractivity contribution >= 4 is 17.6 Å². The average Bonchev–Trinajstić information content (AvgIpc) is 3.06. The van der Waals surface area contributed by atoms with Crippen molar-refractivity contribution in [3.63, 3.8) is 0 Å². The molecule has 5 heteroatoms. The summed E-state index contributed by atoms with van der Waals surface area (Å²) in [5.74, 6) is 0.132. The van der Waals surface area contributed by atoms with Crippen molar-refractivity contribution in [2.45, 2.75) is 38.7 Å². The molecule has 2 aliphatic carbocycles. The highest BCUT2D eigenvalue weighted by molar-refractivity contribution is 5.99. The molecule has 1 aromatic rings. The molecule has 1 aromatic carbocycles. The maximum Gasteiger partial charge on any atom is 0.337 e. The van der Waals surface area contributed by atoms with Gasteiger partial charge in [0.2, 0.25) is 0 Å². The Balaban J connectivity index is 1.56. The lowest BCUT2D eigenvalue weighted by atomic mass is 9.66. The predicted octanol–water partition coefficient (Wildman–Crippen LogP) is 3.01. The second kappa shape index (κ2) is 4.82. The molecule has 4 atom stereocenters. The summed E-state index contributed by atoms with van der Waals surface area (Å²) in [4.78, 5) is 24.6. The van der Waals surface area contributed by atoms with E-state index >= 15 is 0 Å². The van der Waals surface area contributed by atoms with E-state index in [9.17, 15) is 9.59 Å². The summed E-state index contributed by atoms with van der Waals surface area (Å²) in [5.41, 5.74) is 0.432. The summed E-state index contributed by atoms with van der Waals surface area (Å²) < 4.78 is 10.8. The summed E-state index contributed by atoms with van der Waals surface area (Å²) in [6.45, 7) is 5.16. The van der Waals surface area contributed by atoms with Crippen LogP contribution in [0.2, 0.25) is 0 Å². The molecular weight excluding hydrogens is 306 g/mol. The van der Waals surface area contributed by atoms with Gasteiger partial charge in [-0.1, -0.05) is 13.8 Å². The molecule has 3 fully saturated rings. The molecule has 128 valence electrons. The number of methoxy groups -OCH3 is 1. The van der Waals surface area contributed by atoms with Crippen LogP contribution in [0, 0.1) is 16.7 Å². The van der Waals surface area contributed by atoms with Crippen molar-refractivity contribution in [3.05, 3.63) is 29.8 Å². The molecular formula is C19H23NO4. The Morgan fingerprint density at radius 1 is 1.25 bits per heavy atom. The third-order valence-electron chi connectivity index (χ3n) is 7.13. The van der Waals surface area contributed by atoms with E-state index < -0.39 is 5.60 Å². The minimum atomic E-state index is -0.717. The number of ether oxygens (including phenoxy) is 2. The maximum absolute atomic E-state index is 13.1. The summed E-state index contributed by atoms with van der Waals surface area (Å²) in [7, 11) is 1.35. The Hall–Kier alpha value is -1.88. The first-order chi connectivity index (χ1) is 11.4. The third kappa shape index (κ3) is 1.68. The van der Waals surface area contributed by atoms with Crippen LogP contribution in [0.15, 0.2) is 24.3 Å².